The van der Waals surface area contributed by atoms with Gasteiger partial charge < -0.3 is 20.7 Å². The van der Waals surface area contributed by atoms with E-state index in [0.29, 0.717) is 18.6 Å². The highest BCUT2D eigenvalue weighted by molar-refractivity contribution is 5.93. The van der Waals surface area contributed by atoms with Gasteiger partial charge in [0.05, 0.1) is 11.2 Å². The number of hydrogen-bond acceptors (Lipinski definition) is 4. The molecule has 23 heavy (non-hydrogen) atoms. The van der Waals surface area contributed by atoms with Crippen LogP contribution in [-0.2, 0) is 6.54 Å². The van der Waals surface area contributed by atoms with E-state index in [1.165, 1.54) is 12.3 Å². The van der Waals surface area contributed by atoms with E-state index in [2.05, 4.69) is 5.32 Å². The quantitative estimate of drug-likeness (QED) is 0.771. The molecule has 0 bridgehead atoms. The molecule has 126 valence electrons. The van der Waals surface area contributed by atoms with E-state index in [1.54, 1.807) is 11.5 Å². The van der Waals surface area contributed by atoms with E-state index in [1.807, 2.05) is 6.92 Å². The largest absolute Gasteiger partial charge is 0.477 e. The Hall–Kier alpha value is -2.12. The zero-order chi connectivity index (χ0) is 16.4. The number of aryl methyl sites for hydroxylation is 1. The summed E-state index contributed by atoms with van der Waals surface area (Å²) < 4.78 is 15.7. The highest BCUT2D eigenvalue weighted by atomic mass is 35.5. The third-order valence-corrected chi connectivity index (χ3v) is 3.35. The van der Waals surface area contributed by atoms with Crippen LogP contribution in [-0.4, -0.2) is 28.2 Å². The number of halogens is 2. The number of nitrogens with one attached hydrogen (secondary N) is 1. The van der Waals surface area contributed by atoms with Gasteiger partial charge in [0.15, 0.2) is 0 Å². The lowest BCUT2D eigenvalue weighted by molar-refractivity contribution is 0.0695. The molecule has 0 saturated heterocycles. The summed E-state index contributed by atoms with van der Waals surface area (Å²) in [4.78, 5) is 23.3. The van der Waals surface area contributed by atoms with E-state index in [9.17, 15) is 14.0 Å². The van der Waals surface area contributed by atoms with Gasteiger partial charge in [-0.15, -0.1) is 12.4 Å². The smallest absolute Gasteiger partial charge is 0.341 e. The zero-order valence-corrected chi connectivity index (χ0v) is 13.6. The van der Waals surface area contributed by atoms with Gasteiger partial charge >= 0.3 is 5.97 Å². The maximum atomic E-state index is 14.1. The topological polar surface area (TPSA) is 97.3 Å². The number of fused-ring (bicyclic) bond motifs is 1. The van der Waals surface area contributed by atoms with Crippen molar-refractivity contribution in [3.05, 3.63) is 39.9 Å². The molecule has 1 atom stereocenters. The lowest BCUT2D eigenvalue weighted by Crippen LogP contribution is -2.25. The Morgan fingerprint density at radius 3 is 2.65 bits per heavy atom. The van der Waals surface area contributed by atoms with Gasteiger partial charge in [-0.25, -0.2) is 9.18 Å². The van der Waals surface area contributed by atoms with Crippen molar-refractivity contribution in [2.45, 2.75) is 26.4 Å². The van der Waals surface area contributed by atoms with Crippen LogP contribution in [0.5, 0.6) is 0 Å². The van der Waals surface area contributed by atoms with Crippen molar-refractivity contribution in [3.63, 3.8) is 0 Å². The third-order valence-electron chi connectivity index (χ3n) is 3.35. The van der Waals surface area contributed by atoms with E-state index < -0.39 is 17.2 Å². The lowest BCUT2D eigenvalue weighted by Gasteiger charge is -2.14. The van der Waals surface area contributed by atoms with Crippen molar-refractivity contribution in [2.24, 2.45) is 5.73 Å². The first-order chi connectivity index (χ1) is 10.3. The second kappa shape index (κ2) is 7.43. The van der Waals surface area contributed by atoms with E-state index >= 15 is 0 Å². The first kappa shape index (κ1) is 18.9. The average Bonchev–Trinajstić information content (AvgIpc) is 2.45. The van der Waals surface area contributed by atoms with Gasteiger partial charge in [-0.1, -0.05) is 0 Å². The molecule has 4 N–H and O–H groups in total. The number of nitrogens with zero attached hydrogens (tertiary/aromatic N) is 1. The van der Waals surface area contributed by atoms with Crippen LogP contribution in [0, 0.1) is 5.82 Å². The minimum absolute atomic E-state index is 0. The minimum Gasteiger partial charge on any atom is -0.477 e. The summed E-state index contributed by atoms with van der Waals surface area (Å²) in [6.45, 7) is 4.43. The average molecular weight is 344 g/mol. The van der Waals surface area contributed by atoms with Crippen molar-refractivity contribution in [3.8, 4) is 0 Å². The molecule has 0 saturated carbocycles. The molecule has 1 unspecified atom stereocenters. The first-order valence-electron chi connectivity index (χ1n) is 6.94. The molecule has 0 fully saturated rings. The van der Waals surface area contributed by atoms with Crippen LogP contribution < -0.4 is 16.5 Å². The Balaban J connectivity index is 0.00000264. The van der Waals surface area contributed by atoms with Crippen LogP contribution in [0.1, 0.15) is 24.2 Å². The number of carboxylic acid groups (broad SMARTS) is 1. The molecule has 2 rings (SSSR count). The Labute approximate surface area is 138 Å². The predicted octanol–water partition coefficient (Wildman–Crippen LogP) is 2.04. The summed E-state index contributed by atoms with van der Waals surface area (Å²) in [5.74, 6) is -1.94. The number of hydrogen-bond donors (Lipinski definition) is 3. The molecular formula is C15H19ClFN3O3. The van der Waals surface area contributed by atoms with Crippen molar-refractivity contribution >= 4 is 35.0 Å². The molecule has 1 aromatic carbocycles. The molecule has 0 aliphatic heterocycles. The molecule has 1 heterocycles. The second-order valence-electron chi connectivity index (χ2n) is 5.17. The fraction of sp³-hybridized carbons (Fsp3) is 0.333. The first-order valence-corrected chi connectivity index (χ1v) is 6.94. The van der Waals surface area contributed by atoms with Gasteiger partial charge in [0, 0.05) is 30.7 Å². The van der Waals surface area contributed by atoms with Crippen molar-refractivity contribution in [1.29, 1.82) is 0 Å². The molecule has 0 aliphatic rings. The van der Waals surface area contributed by atoms with Crippen LogP contribution in [0.3, 0.4) is 0 Å². The second-order valence-corrected chi connectivity index (χ2v) is 5.17. The molecule has 6 nitrogen and oxygen atoms in total. The normalized spacial score (nSPS) is 11.8. The SMILES string of the molecule is CCn1cc(C(=O)O)c(=O)c2cc(F)c(NCC(C)N)cc21.Cl. The Morgan fingerprint density at radius 1 is 1.48 bits per heavy atom. The molecule has 0 radical (unpaired) electrons. The van der Waals surface area contributed by atoms with Crippen LogP contribution >= 0.6 is 12.4 Å². The summed E-state index contributed by atoms with van der Waals surface area (Å²) in [5, 5.41) is 12.0. The number of carbonyl (C=O) groups is 1. The number of rotatable bonds is 5. The van der Waals surface area contributed by atoms with Gasteiger partial charge in [-0.2, -0.15) is 0 Å². The van der Waals surface area contributed by atoms with Crippen LogP contribution in [0.25, 0.3) is 10.9 Å². The molecule has 2 aromatic rings. The van der Waals surface area contributed by atoms with Crippen LogP contribution in [0.2, 0.25) is 0 Å². The standard InChI is InChI=1S/C15H18FN3O3.ClH/c1-3-19-7-10(15(21)22)14(20)9-4-11(16)12(5-13(9)19)18-6-8(2)17;/h4-5,7-8,18H,3,6,17H2,1-2H3,(H,21,22);1H. The minimum atomic E-state index is -1.33. The van der Waals surface area contributed by atoms with Gasteiger partial charge in [-0.3, -0.25) is 4.79 Å². The van der Waals surface area contributed by atoms with Gasteiger partial charge in [0.25, 0.3) is 0 Å². The van der Waals surface area contributed by atoms with Gasteiger partial charge in [0.2, 0.25) is 5.43 Å². The molecule has 8 heteroatoms. The van der Waals surface area contributed by atoms with E-state index in [4.69, 9.17) is 10.8 Å². The highest BCUT2D eigenvalue weighted by Gasteiger charge is 2.16. The fourth-order valence-electron chi connectivity index (χ4n) is 2.23. The molecule has 0 amide bonds. The molecule has 0 spiro atoms. The Kier molecular flexibility index (Phi) is 6.12. The number of anilines is 1. The molecule has 1 aromatic heterocycles. The van der Waals surface area contributed by atoms with Crippen molar-refractivity contribution < 1.29 is 14.3 Å². The summed E-state index contributed by atoms with van der Waals surface area (Å²) in [7, 11) is 0. The van der Waals surface area contributed by atoms with Gasteiger partial charge in [0.1, 0.15) is 11.4 Å². The number of pyridine rings is 1. The maximum Gasteiger partial charge on any atom is 0.341 e. The predicted molar refractivity (Wildman–Crippen MR) is 90.2 cm³/mol. The summed E-state index contributed by atoms with van der Waals surface area (Å²) >= 11 is 0. The number of carboxylic acids is 1. The highest BCUT2D eigenvalue weighted by Crippen LogP contribution is 2.22. The fourth-order valence-corrected chi connectivity index (χ4v) is 2.23. The van der Waals surface area contributed by atoms with Crippen LogP contribution in [0.4, 0.5) is 10.1 Å². The maximum absolute atomic E-state index is 14.1. The lowest BCUT2D eigenvalue weighted by atomic mass is 10.1. The summed E-state index contributed by atoms with van der Waals surface area (Å²) in [6, 6.07) is 2.42. The number of aromatic carboxylic acids is 1. The van der Waals surface area contributed by atoms with E-state index in [0.717, 1.165) is 6.07 Å². The van der Waals surface area contributed by atoms with Crippen molar-refractivity contribution in [1.82, 2.24) is 4.57 Å². The molecule has 0 aliphatic carbocycles. The zero-order valence-electron chi connectivity index (χ0n) is 12.8. The number of aromatic nitrogens is 1. The number of nitrogens with two attached hydrogens (primary N) is 1. The summed E-state index contributed by atoms with van der Waals surface area (Å²) in [5.41, 5.74) is 5.28. The van der Waals surface area contributed by atoms with E-state index in [-0.39, 0.29) is 35.1 Å². The number of benzene rings is 1. The van der Waals surface area contributed by atoms with Crippen molar-refractivity contribution in [2.75, 3.05) is 11.9 Å². The van der Waals surface area contributed by atoms with Gasteiger partial charge in [-0.05, 0) is 26.0 Å². The summed E-state index contributed by atoms with van der Waals surface area (Å²) in [6.07, 6.45) is 1.28. The Morgan fingerprint density at radius 2 is 2.13 bits per heavy atom. The monoisotopic (exact) mass is 343 g/mol. The Bertz CT molecular complexity index is 790. The molecular weight excluding hydrogens is 325 g/mol. The third kappa shape index (κ3) is 3.80. The van der Waals surface area contributed by atoms with Crippen LogP contribution in [0.15, 0.2) is 23.1 Å².